The molecule has 1 aliphatic heterocycles. The highest BCUT2D eigenvalue weighted by atomic mass is 19.1. The molecule has 162 valence electrons. The number of carbonyl (C=O) groups excluding carboxylic acids is 1. The summed E-state index contributed by atoms with van der Waals surface area (Å²) in [5.74, 6) is 1.68. The van der Waals surface area contributed by atoms with E-state index in [4.69, 9.17) is 14.0 Å². The zero-order valence-electron chi connectivity index (χ0n) is 17.5. The molecule has 1 unspecified atom stereocenters. The average Bonchev–Trinajstić information content (AvgIpc) is 3.38. The van der Waals surface area contributed by atoms with Crippen molar-refractivity contribution in [1.82, 2.24) is 15.0 Å². The summed E-state index contributed by atoms with van der Waals surface area (Å²) >= 11 is 0. The number of halogens is 1. The lowest BCUT2D eigenvalue weighted by molar-refractivity contribution is -0.128. The van der Waals surface area contributed by atoms with Gasteiger partial charge in [-0.3, -0.25) is 4.79 Å². The van der Waals surface area contributed by atoms with Crippen molar-refractivity contribution >= 4 is 5.91 Å². The molecule has 1 aliphatic rings. The fraction of sp³-hybridized carbons (Fsp3) is 0.348. The van der Waals surface area contributed by atoms with Crippen molar-refractivity contribution in [2.75, 3.05) is 19.8 Å². The molecule has 3 aromatic rings. The molecular weight excluding hydrogens is 401 g/mol. The van der Waals surface area contributed by atoms with E-state index in [1.165, 1.54) is 12.1 Å². The Morgan fingerprint density at radius 3 is 2.58 bits per heavy atom. The highest BCUT2D eigenvalue weighted by Gasteiger charge is 2.34. The molecule has 7 nitrogen and oxygen atoms in total. The summed E-state index contributed by atoms with van der Waals surface area (Å²) in [5.41, 5.74) is 1.62. The number of carbonyl (C=O) groups is 1. The Morgan fingerprint density at radius 1 is 1.10 bits per heavy atom. The molecule has 0 N–H and O–H groups in total. The van der Waals surface area contributed by atoms with Crippen LogP contribution in [-0.4, -0.2) is 40.7 Å². The number of amides is 1. The van der Waals surface area contributed by atoms with E-state index in [-0.39, 0.29) is 17.6 Å². The maximum absolute atomic E-state index is 13.1. The molecule has 1 atom stereocenters. The normalized spacial score (nSPS) is 16.0. The largest absolute Gasteiger partial charge is 0.490 e. The molecule has 1 amide bonds. The first kappa shape index (κ1) is 20.8. The lowest BCUT2D eigenvalue weighted by atomic mass is 10.1. The van der Waals surface area contributed by atoms with Gasteiger partial charge in [-0.1, -0.05) is 11.2 Å². The minimum absolute atomic E-state index is 0.0263. The minimum atomic E-state index is -0.328. The number of rotatable bonds is 8. The smallest absolute Gasteiger partial charge is 0.232 e. The van der Waals surface area contributed by atoms with Crippen molar-refractivity contribution in [1.29, 1.82) is 0 Å². The van der Waals surface area contributed by atoms with Crippen LogP contribution in [0.1, 0.15) is 37.6 Å². The minimum Gasteiger partial charge on any atom is -0.490 e. The molecule has 2 aromatic carbocycles. The predicted octanol–water partition coefficient (Wildman–Crippen LogP) is 4.19. The van der Waals surface area contributed by atoms with E-state index in [0.29, 0.717) is 61.5 Å². The van der Waals surface area contributed by atoms with Gasteiger partial charge in [0, 0.05) is 25.1 Å². The first-order valence-corrected chi connectivity index (χ1v) is 10.3. The molecule has 0 radical (unpaired) electrons. The number of likely N-dealkylation sites (tertiary alicyclic amines) is 1. The lowest BCUT2D eigenvalue weighted by Crippen LogP contribution is -2.24. The SMILES string of the molecule is CCOc1ccc(CN2CC(c3nc(-c4ccc(F)cc4)no3)CC2=O)cc1OCC. The fourth-order valence-electron chi connectivity index (χ4n) is 3.62. The van der Waals surface area contributed by atoms with Gasteiger partial charge in [0.1, 0.15) is 5.82 Å². The van der Waals surface area contributed by atoms with Gasteiger partial charge in [0.2, 0.25) is 17.6 Å². The van der Waals surface area contributed by atoms with Crippen LogP contribution in [0.15, 0.2) is 47.0 Å². The Bertz CT molecular complexity index is 1050. The molecule has 0 spiro atoms. The maximum Gasteiger partial charge on any atom is 0.232 e. The number of benzene rings is 2. The van der Waals surface area contributed by atoms with Crippen molar-refractivity contribution < 1.29 is 23.2 Å². The van der Waals surface area contributed by atoms with Gasteiger partial charge < -0.3 is 18.9 Å². The number of nitrogens with zero attached hydrogens (tertiary/aromatic N) is 3. The van der Waals surface area contributed by atoms with Crippen molar-refractivity contribution in [2.24, 2.45) is 0 Å². The summed E-state index contributed by atoms with van der Waals surface area (Å²) < 4.78 is 29.8. The van der Waals surface area contributed by atoms with E-state index in [1.807, 2.05) is 32.0 Å². The standard InChI is InChI=1S/C23H24FN3O4/c1-3-29-19-10-5-15(11-20(19)30-4-2)13-27-14-17(12-21(27)28)23-25-22(26-31-23)16-6-8-18(24)9-7-16/h5-11,17H,3-4,12-14H2,1-2H3. The van der Waals surface area contributed by atoms with Crippen molar-refractivity contribution in [3.63, 3.8) is 0 Å². The topological polar surface area (TPSA) is 77.7 Å². The van der Waals surface area contributed by atoms with Gasteiger partial charge >= 0.3 is 0 Å². The van der Waals surface area contributed by atoms with Crippen LogP contribution in [0.5, 0.6) is 11.5 Å². The Kier molecular flexibility index (Phi) is 6.16. The third-order valence-electron chi connectivity index (χ3n) is 5.09. The van der Waals surface area contributed by atoms with E-state index in [2.05, 4.69) is 10.1 Å². The van der Waals surface area contributed by atoms with Crippen molar-refractivity contribution in [2.45, 2.75) is 32.7 Å². The summed E-state index contributed by atoms with van der Waals surface area (Å²) in [6.07, 6.45) is 0.306. The lowest BCUT2D eigenvalue weighted by Gasteiger charge is -2.18. The molecular formula is C23H24FN3O4. The second kappa shape index (κ2) is 9.16. The van der Waals surface area contributed by atoms with Crippen LogP contribution in [0.4, 0.5) is 4.39 Å². The van der Waals surface area contributed by atoms with E-state index in [0.717, 1.165) is 5.56 Å². The van der Waals surface area contributed by atoms with Gasteiger partial charge in [0.25, 0.3) is 0 Å². The summed E-state index contributed by atoms with van der Waals surface area (Å²) in [7, 11) is 0. The third-order valence-corrected chi connectivity index (χ3v) is 5.09. The van der Waals surface area contributed by atoms with Crippen LogP contribution in [0, 0.1) is 5.82 Å². The van der Waals surface area contributed by atoms with Crippen LogP contribution in [0.25, 0.3) is 11.4 Å². The highest BCUT2D eigenvalue weighted by Crippen LogP contribution is 2.32. The van der Waals surface area contributed by atoms with E-state index in [9.17, 15) is 9.18 Å². The molecule has 1 aromatic heterocycles. The number of hydrogen-bond acceptors (Lipinski definition) is 6. The van der Waals surface area contributed by atoms with Gasteiger partial charge in [0.05, 0.1) is 19.1 Å². The molecule has 8 heteroatoms. The van der Waals surface area contributed by atoms with Crippen LogP contribution >= 0.6 is 0 Å². The fourth-order valence-corrected chi connectivity index (χ4v) is 3.62. The van der Waals surface area contributed by atoms with Gasteiger partial charge in [-0.25, -0.2) is 4.39 Å². The quantitative estimate of drug-likeness (QED) is 0.539. The molecule has 0 saturated carbocycles. The van der Waals surface area contributed by atoms with Gasteiger partial charge in [-0.05, 0) is 55.8 Å². The van der Waals surface area contributed by atoms with Crippen LogP contribution in [0.2, 0.25) is 0 Å². The van der Waals surface area contributed by atoms with Crippen molar-refractivity contribution in [3.8, 4) is 22.9 Å². The molecule has 0 bridgehead atoms. The monoisotopic (exact) mass is 425 g/mol. The van der Waals surface area contributed by atoms with Crippen molar-refractivity contribution in [3.05, 3.63) is 59.7 Å². The summed E-state index contributed by atoms with van der Waals surface area (Å²) in [5, 5.41) is 3.99. The number of ether oxygens (including phenoxy) is 2. The second-order valence-electron chi connectivity index (χ2n) is 7.29. The Balaban J connectivity index is 1.45. The highest BCUT2D eigenvalue weighted by molar-refractivity contribution is 5.79. The molecule has 1 fully saturated rings. The molecule has 0 aliphatic carbocycles. The van der Waals surface area contributed by atoms with E-state index < -0.39 is 0 Å². The number of aromatic nitrogens is 2. The second-order valence-corrected chi connectivity index (χ2v) is 7.29. The summed E-state index contributed by atoms with van der Waals surface area (Å²) in [4.78, 5) is 18.8. The molecule has 31 heavy (non-hydrogen) atoms. The Hall–Kier alpha value is -3.42. The van der Waals surface area contributed by atoms with Gasteiger partial charge in [-0.15, -0.1) is 0 Å². The molecule has 4 rings (SSSR count). The van der Waals surface area contributed by atoms with Gasteiger partial charge in [0.15, 0.2) is 11.5 Å². The van der Waals surface area contributed by atoms with Crippen LogP contribution in [0.3, 0.4) is 0 Å². The third kappa shape index (κ3) is 4.68. The van der Waals surface area contributed by atoms with E-state index >= 15 is 0 Å². The number of hydrogen-bond donors (Lipinski definition) is 0. The zero-order valence-corrected chi connectivity index (χ0v) is 17.5. The van der Waals surface area contributed by atoms with Crippen LogP contribution < -0.4 is 9.47 Å². The molecule has 1 saturated heterocycles. The first-order valence-electron chi connectivity index (χ1n) is 10.3. The average molecular weight is 425 g/mol. The predicted molar refractivity (Wildman–Crippen MR) is 111 cm³/mol. The summed E-state index contributed by atoms with van der Waals surface area (Å²) in [6.45, 7) is 5.87. The Morgan fingerprint density at radius 2 is 1.84 bits per heavy atom. The maximum atomic E-state index is 13.1. The summed E-state index contributed by atoms with van der Waals surface area (Å²) in [6, 6.07) is 11.6. The Labute approximate surface area is 179 Å². The zero-order chi connectivity index (χ0) is 21.8. The van der Waals surface area contributed by atoms with Gasteiger partial charge in [-0.2, -0.15) is 4.98 Å². The first-order chi connectivity index (χ1) is 15.1. The molecule has 2 heterocycles. The van der Waals surface area contributed by atoms with E-state index in [1.54, 1.807) is 17.0 Å². The van der Waals surface area contributed by atoms with Crippen LogP contribution in [-0.2, 0) is 11.3 Å².